The van der Waals surface area contributed by atoms with Gasteiger partial charge in [0.05, 0.1) is 18.4 Å². The summed E-state index contributed by atoms with van der Waals surface area (Å²) < 4.78 is 0. The molecular weight excluding hydrogens is 340 g/mol. The molecule has 0 fully saturated rings. The Morgan fingerprint density at radius 2 is 1.81 bits per heavy atom. The van der Waals surface area contributed by atoms with E-state index in [1.807, 2.05) is 48.7 Å². The lowest BCUT2D eigenvalue weighted by atomic mass is 9.94. The van der Waals surface area contributed by atoms with Crippen LogP contribution >= 0.6 is 0 Å². The number of carbonyl (C=O) groups is 2. The van der Waals surface area contributed by atoms with Gasteiger partial charge in [-0.1, -0.05) is 55.5 Å². The third kappa shape index (κ3) is 4.03. The van der Waals surface area contributed by atoms with Gasteiger partial charge in [-0.2, -0.15) is 0 Å². The number of aliphatic carboxylic acids is 1. The SMILES string of the molecule is CCc1cccc2c(CC(=O)NC(c3ccccc3)C(C)C(=O)O)c[nH]c12. The van der Waals surface area contributed by atoms with E-state index in [4.69, 9.17) is 0 Å². The van der Waals surface area contributed by atoms with E-state index in [0.29, 0.717) is 0 Å². The van der Waals surface area contributed by atoms with E-state index >= 15 is 0 Å². The van der Waals surface area contributed by atoms with E-state index in [-0.39, 0.29) is 12.3 Å². The van der Waals surface area contributed by atoms with Gasteiger partial charge < -0.3 is 15.4 Å². The molecule has 0 bridgehead atoms. The van der Waals surface area contributed by atoms with Crippen molar-refractivity contribution in [1.82, 2.24) is 10.3 Å². The molecular formula is C22H24N2O3. The number of aromatic amines is 1. The second kappa shape index (κ2) is 8.08. The van der Waals surface area contributed by atoms with Crippen molar-refractivity contribution in [1.29, 1.82) is 0 Å². The predicted octanol–water partition coefficient (Wildman–Crippen LogP) is 3.85. The van der Waals surface area contributed by atoms with Crippen LogP contribution < -0.4 is 5.32 Å². The summed E-state index contributed by atoms with van der Waals surface area (Å²) >= 11 is 0. The molecule has 0 radical (unpaired) electrons. The van der Waals surface area contributed by atoms with E-state index in [1.54, 1.807) is 6.92 Å². The third-order valence-corrected chi connectivity index (χ3v) is 4.98. The molecule has 3 N–H and O–H groups in total. The molecule has 5 nitrogen and oxygen atoms in total. The standard InChI is InChI=1S/C22H24N2O3/c1-3-15-10-7-11-18-17(13-23-21(15)18)12-19(25)24-20(14(2)22(26)27)16-8-5-4-6-9-16/h4-11,13-14,20,23H,3,12H2,1-2H3,(H,24,25)(H,26,27). The minimum absolute atomic E-state index is 0.195. The van der Waals surface area contributed by atoms with Crippen LogP contribution in [0.3, 0.4) is 0 Å². The number of hydrogen-bond acceptors (Lipinski definition) is 2. The Labute approximate surface area is 158 Å². The van der Waals surface area contributed by atoms with Gasteiger partial charge in [0.25, 0.3) is 0 Å². The normalized spacial score (nSPS) is 13.3. The topological polar surface area (TPSA) is 82.2 Å². The van der Waals surface area contributed by atoms with Crippen LogP contribution in [-0.2, 0) is 22.4 Å². The predicted molar refractivity (Wildman–Crippen MR) is 106 cm³/mol. The highest BCUT2D eigenvalue weighted by Gasteiger charge is 2.27. The monoisotopic (exact) mass is 364 g/mol. The van der Waals surface area contributed by atoms with Gasteiger partial charge in [-0.05, 0) is 30.0 Å². The molecule has 2 atom stereocenters. The molecule has 0 aliphatic carbocycles. The van der Waals surface area contributed by atoms with Crippen molar-refractivity contribution in [3.8, 4) is 0 Å². The van der Waals surface area contributed by atoms with E-state index in [1.165, 1.54) is 5.56 Å². The summed E-state index contributed by atoms with van der Waals surface area (Å²) in [6, 6.07) is 14.7. The molecule has 27 heavy (non-hydrogen) atoms. The smallest absolute Gasteiger partial charge is 0.308 e. The molecule has 0 aliphatic rings. The van der Waals surface area contributed by atoms with E-state index in [9.17, 15) is 14.7 Å². The number of para-hydroxylation sites is 1. The molecule has 1 aromatic heterocycles. The van der Waals surface area contributed by atoms with Crippen LogP contribution in [0, 0.1) is 5.92 Å². The largest absolute Gasteiger partial charge is 0.481 e. The van der Waals surface area contributed by atoms with Gasteiger partial charge in [-0.15, -0.1) is 0 Å². The molecule has 0 saturated heterocycles. The molecule has 0 spiro atoms. The van der Waals surface area contributed by atoms with Gasteiger partial charge in [-0.25, -0.2) is 0 Å². The molecule has 2 aromatic carbocycles. The summed E-state index contributed by atoms with van der Waals surface area (Å²) in [5, 5.41) is 13.4. The zero-order valence-corrected chi connectivity index (χ0v) is 15.5. The quantitative estimate of drug-likeness (QED) is 0.595. The molecule has 1 amide bonds. The highest BCUT2D eigenvalue weighted by Crippen LogP contribution is 2.25. The van der Waals surface area contributed by atoms with Crippen LogP contribution in [0.5, 0.6) is 0 Å². The fourth-order valence-electron chi connectivity index (χ4n) is 3.41. The lowest BCUT2D eigenvalue weighted by Gasteiger charge is -2.23. The molecule has 140 valence electrons. The Hall–Kier alpha value is -3.08. The Balaban J connectivity index is 1.82. The molecule has 5 heteroatoms. The van der Waals surface area contributed by atoms with Crippen LogP contribution in [0.1, 0.15) is 36.6 Å². The first-order chi connectivity index (χ1) is 13.0. The van der Waals surface area contributed by atoms with Crippen LogP contribution in [-0.4, -0.2) is 22.0 Å². The van der Waals surface area contributed by atoms with Gasteiger partial charge in [0, 0.05) is 17.1 Å². The number of aromatic nitrogens is 1. The minimum atomic E-state index is -0.941. The average molecular weight is 364 g/mol. The molecule has 0 saturated carbocycles. The number of aryl methyl sites for hydroxylation is 1. The van der Waals surface area contributed by atoms with E-state index in [0.717, 1.165) is 28.5 Å². The molecule has 2 unspecified atom stereocenters. The Bertz CT molecular complexity index is 947. The Morgan fingerprint density at radius 3 is 2.48 bits per heavy atom. The number of carboxylic acids is 1. The fourth-order valence-corrected chi connectivity index (χ4v) is 3.41. The number of hydrogen-bond donors (Lipinski definition) is 3. The number of carboxylic acid groups (broad SMARTS) is 1. The number of carbonyl (C=O) groups excluding carboxylic acids is 1. The fraction of sp³-hybridized carbons (Fsp3) is 0.273. The van der Waals surface area contributed by atoms with Crippen LogP contribution in [0.15, 0.2) is 54.7 Å². The van der Waals surface area contributed by atoms with E-state index < -0.39 is 17.9 Å². The van der Waals surface area contributed by atoms with Crippen molar-refractivity contribution in [2.45, 2.75) is 32.7 Å². The average Bonchev–Trinajstić information content (AvgIpc) is 3.09. The van der Waals surface area contributed by atoms with Crippen LogP contribution in [0.4, 0.5) is 0 Å². The van der Waals surface area contributed by atoms with Crippen molar-refractivity contribution in [3.05, 3.63) is 71.4 Å². The molecule has 0 aliphatic heterocycles. The van der Waals surface area contributed by atoms with Gasteiger partial charge >= 0.3 is 5.97 Å². The molecule has 1 heterocycles. The van der Waals surface area contributed by atoms with Crippen molar-refractivity contribution in [2.75, 3.05) is 0 Å². The molecule has 3 aromatic rings. The summed E-state index contributed by atoms with van der Waals surface area (Å²) in [5.41, 5.74) is 3.96. The first-order valence-corrected chi connectivity index (χ1v) is 9.16. The number of benzene rings is 2. The van der Waals surface area contributed by atoms with Gasteiger partial charge in [-0.3, -0.25) is 9.59 Å². The maximum absolute atomic E-state index is 12.7. The molecule has 3 rings (SSSR count). The van der Waals surface area contributed by atoms with Crippen molar-refractivity contribution < 1.29 is 14.7 Å². The zero-order chi connectivity index (χ0) is 19.4. The highest BCUT2D eigenvalue weighted by atomic mass is 16.4. The summed E-state index contributed by atoms with van der Waals surface area (Å²) in [6.07, 6.45) is 2.97. The Kier molecular flexibility index (Phi) is 5.60. The number of amides is 1. The number of fused-ring (bicyclic) bond motifs is 1. The first-order valence-electron chi connectivity index (χ1n) is 9.16. The second-order valence-electron chi connectivity index (χ2n) is 6.77. The van der Waals surface area contributed by atoms with Crippen molar-refractivity contribution >= 4 is 22.8 Å². The van der Waals surface area contributed by atoms with E-state index in [2.05, 4.69) is 23.3 Å². The lowest BCUT2D eigenvalue weighted by molar-refractivity contribution is -0.142. The summed E-state index contributed by atoms with van der Waals surface area (Å²) in [4.78, 5) is 27.5. The summed E-state index contributed by atoms with van der Waals surface area (Å²) in [5.74, 6) is -1.87. The third-order valence-electron chi connectivity index (χ3n) is 4.98. The minimum Gasteiger partial charge on any atom is -0.481 e. The maximum Gasteiger partial charge on any atom is 0.308 e. The van der Waals surface area contributed by atoms with Crippen molar-refractivity contribution in [2.24, 2.45) is 5.92 Å². The highest BCUT2D eigenvalue weighted by molar-refractivity contribution is 5.90. The van der Waals surface area contributed by atoms with Gasteiger partial charge in [0.2, 0.25) is 5.91 Å². The maximum atomic E-state index is 12.7. The second-order valence-corrected chi connectivity index (χ2v) is 6.77. The van der Waals surface area contributed by atoms with Gasteiger partial charge in [0.1, 0.15) is 0 Å². The zero-order valence-electron chi connectivity index (χ0n) is 15.5. The van der Waals surface area contributed by atoms with Crippen LogP contribution in [0.2, 0.25) is 0 Å². The number of H-pyrrole nitrogens is 1. The van der Waals surface area contributed by atoms with Gasteiger partial charge in [0.15, 0.2) is 0 Å². The summed E-state index contributed by atoms with van der Waals surface area (Å²) in [6.45, 7) is 3.71. The summed E-state index contributed by atoms with van der Waals surface area (Å²) in [7, 11) is 0. The number of rotatable bonds is 7. The lowest BCUT2D eigenvalue weighted by Crippen LogP contribution is -2.36. The van der Waals surface area contributed by atoms with Crippen LogP contribution in [0.25, 0.3) is 10.9 Å². The Morgan fingerprint density at radius 1 is 1.07 bits per heavy atom. The first kappa shape index (κ1) is 18.7. The number of nitrogens with one attached hydrogen (secondary N) is 2. The van der Waals surface area contributed by atoms with Crippen molar-refractivity contribution in [3.63, 3.8) is 0 Å².